The third-order valence-corrected chi connectivity index (χ3v) is 13.5. The number of esters is 1. The van der Waals surface area contributed by atoms with Crippen LogP contribution in [0.1, 0.15) is 56.2 Å². The zero-order valence-electron chi connectivity index (χ0n) is 31.6. The van der Waals surface area contributed by atoms with Gasteiger partial charge in [0.25, 0.3) is 0 Å². The maximum Gasteiger partial charge on any atom is 0.326 e. The van der Waals surface area contributed by atoms with Crippen LogP contribution in [0.4, 0.5) is 11.4 Å². The largest absolute Gasteiger partial charge is 0.490 e. The fourth-order valence-corrected chi connectivity index (χ4v) is 10.5. The zero-order valence-corrected chi connectivity index (χ0v) is 33.2. The van der Waals surface area contributed by atoms with E-state index in [1.165, 1.54) is 18.9 Å². The maximum atomic E-state index is 13.8. The number of hydrogen-bond donors (Lipinski definition) is 3. The van der Waals surface area contributed by atoms with Gasteiger partial charge in [0.05, 0.1) is 28.1 Å². The van der Waals surface area contributed by atoms with Gasteiger partial charge in [-0.2, -0.15) is 10.6 Å². The lowest BCUT2D eigenvalue weighted by Crippen LogP contribution is -2.55. The number of carbonyl (C=O) groups is 1. The minimum atomic E-state index is -3.25. The number of anilines is 2. The van der Waals surface area contributed by atoms with Crippen LogP contribution in [0.15, 0.2) is 143 Å². The molecule has 0 aromatic heterocycles. The van der Waals surface area contributed by atoms with E-state index < -0.39 is 28.1 Å². The Hall–Kier alpha value is -4.25. The van der Waals surface area contributed by atoms with Crippen molar-refractivity contribution in [3.8, 4) is 5.75 Å². The standard InChI is InChI=1S/C45H52N2O5S2/c1-5-7-28-44(6-2)32-47(37-26-18-11-19-27-37)39-29-41(53-4)40(30-42(39)54(49,50)33-44)52-31-38(43(48)51-3)46-45(34-20-12-8-13-21-34,35-22-14-9-15-23-35)36-24-16-10-17-25-36/h8-27,29-30,38,46,49-50H,5-7,28,31-33H2,1-4H3/t38-,44?/m1/s1. The molecule has 6 rings (SSSR count). The lowest BCUT2D eigenvalue weighted by Gasteiger charge is -2.41. The molecule has 2 atom stereocenters. The number of rotatable bonds is 15. The molecule has 0 bridgehead atoms. The van der Waals surface area contributed by atoms with Gasteiger partial charge in [0.1, 0.15) is 18.4 Å². The minimum absolute atomic E-state index is 0.0791. The first kappa shape index (κ1) is 39.4. The molecule has 1 aliphatic rings. The second-order valence-electron chi connectivity index (χ2n) is 14.0. The summed E-state index contributed by atoms with van der Waals surface area (Å²) in [5, 5.41) is 3.72. The Morgan fingerprint density at radius 2 is 1.41 bits per heavy atom. The number of carbonyl (C=O) groups excluding carboxylic acids is 1. The number of benzene rings is 5. The SMILES string of the molecule is CCCCC1(CC)CN(c2ccccc2)c2cc(SC)c(OC[C@@H](NC(c3ccccc3)(c3ccccc3)c3ccccc3)C(=O)OC)cc2S(O)(O)C1. The highest BCUT2D eigenvalue weighted by atomic mass is 32.3. The summed E-state index contributed by atoms with van der Waals surface area (Å²) in [6.07, 6.45) is 5.73. The van der Waals surface area contributed by atoms with Crippen molar-refractivity contribution < 1.29 is 23.4 Å². The zero-order chi connectivity index (χ0) is 38.2. The van der Waals surface area contributed by atoms with Crippen LogP contribution in [0.2, 0.25) is 0 Å². The highest BCUT2D eigenvalue weighted by Gasteiger charge is 2.43. The predicted molar refractivity (Wildman–Crippen MR) is 224 cm³/mol. The van der Waals surface area contributed by atoms with Crippen LogP contribution >= 0.6 is 22.4 Å². The first-order valence-electron chi connectivity index (χ1n) is 18.7. The van der Waals surface area contributed by atoms with E-state index in [0.29, 0.717) is 17.2 Å². The monoisotopic (exact) mass is 764 g/mol. The molecule has 0 aliphatic carbocycles. The van der Waals surface area contributed by atoms with Crippen molar-refractivity contribution in [2.24, 2.45) is 5.41 Å². The Balaban J connectivity index is 1.44. The number of nitrogens with one attached hydrogen (secondary N) is 1. The molecule has 7 nitrogen and oxygen atoms in total. The molecule has 5 aromatic carbocycles. The quantitative estimate of drug-likeness (QED) is 0.0551. The van der Waals surface area contributed by atoms with E-state index in [0.717, 1.165) is 58.6 Å². The van der Waals surface area contributed by atoms with E-state index >= 15 is 0 Å². The van der Waals surface area contributed by atoms with Crippen molar-refractivity contribution in [1.29, 1.82) is 0 Å². The van der Waals surface area contributed by atoms with Gasteiger partial charge in [-0.15, -0.1) is 11.8 Å². The van der Waals surface area contributed by atoms with Crippen molar-refractivity contribution in [2.75, 3.05) is 37.2 Å². The second kappa shape index (κ2) is 17.5. The number of para-hydroxylation sites is 1. The van der Waals surface area contributed by atoms with Crippen LogP contribution in [0.25, 0.3) is 0 Å². The molecule has 54 heavy (non-hydrogen) atoms. The normalized spacial score (nSPS) is 17.9. The Morgan fingerprint density at radius 3 is 1.89 bits per heavy atom. The summed E-state index contributed by atoms with van der Waals surface area (Å²) in [4.78, 5) is 17.3. The van der Waals surface area contributed by atoms with Crippen molar-refractivity contribution in [3.63, 3.8) is 0 Å². The number of hydrogen-bond acceptors (Lipinski definition) is 8. The summed E-state index contributed by atoms with van der Waals surface area (Å²) in [7, 11) is -1.87. The van der Waals surface area contributed by atoms with Gasteiger partial charge in [-0.25, -0.2) is 0 Å². The summed E-state index contributed by atoms with van der Waals surface area (Å²) in [5.41, 5.74) is 3.36. The van der Waals surface area contributed by atoms with Gasteiger partial charge in [0.15, 0.2) is 0 Å². The van der Waals surface area contributed by atoms with Crippen LogP contribution < -0.4 is 15.0 Å². The van der Waals surface area contributed by atoms with Crippen molar-refractivity contribution in [2.45, 2.75) is 60.9 Å². The van der Waals surface area contributed by atoms with E-state index in [4.69, 9.17) is 9.47 Å². The number of fused-ring (bicyclic) bond motifs is 1. The predicted octanol–water partition coefficient (Wildman–Crippen LogP) is 10.8. The number of unbranched alkanes of at least 4 members (excludes halogenated alkanes) is 1. The highest BCUT2D eigenvalue weighted by Crippen LogP contribution is 2.62. The van der Waals surface area contributed by atoms with E-state index in [-0.39, 0.29) is 17.8 Å². The molecule has 0 amide bonds. The Morgan fingerprint density at radius 1 is 0.870 bits per heavy atom. The number of thioether (sulfide) groups is 1. The van der Waals surface area contributed by atoms with E-state index in [2.05, 4.69) is 72.6 Å². The van der Waals surface area contributed by atoms with Crippen molar-refractivity contribution in [3.05, 3.63) is 150 Å². The Kier molecular flexibility index (Phi) is 12.8. The summed E-state index contributed by atoms with van der Waals surface area (Å²) < 4.78 is 36.3. The van der Waals surface area contributed by atoms with Gasteiger partial charge in [0, 0.05) is 29.5 Å². The van der Waals surface area contributed by atoms with Crippen LogP contribution in [-0.2, 0) is 15.1 Å². The summed E-state index contributed by atoms with van der Waals surface area (Å²) in [6, 6.07) is 43.3. The average Bonchev–Trinajstić information content (AvgIpc) is 3.32. The number of nitrogens with zero attached hydrogens (tertiary/aromatic N) is 1. The van der Waals surface area contributed by atoms with Gasteiger partial charge in [-0.05, 0) is 54.0 Å². The van der Waals surface area contributed by atoms with Crippen molar-refractivity contribution in [1.82, 2.24) is 5.32 Å². The second-order valence-corrected chi connectivity index (χ2v) is 16.9. The summed E-state index contributed by atoms with van der Waals surface area (Å²) in [6.45, 7) is 4.92. The molecular formula is C45H52N2O5S2. The fourth-order valence-electron chi connectivity index (χ4n) is 7.74. The molecule has 9 heteroatoms. The van der Waals surface area contributed by atoms with Gasteiger partial charge < -0.3 is 14.4 Å². The highest BCUT2D eigenvalue weighted by molar-refractivity contribution is 8.24. The van der Waals surface area contributed by atoms with Crippen LogP contribution in [0, 0.1) is 5.41 Å². The molecule has 5 aromatic rings. The molecule has 0 spiro atoms. The molecule has 3 N–H and O–H groups in total. The van der Waals surface area contributed by atoms with Gasteiger partial charge >= 0.3 is 5.97 Å². The van der Waals surface area contributed by atoms with E-state index in [9.17, 15) is 13.9 Å². The Bertz CT molecular complexity index is 1870. The van der Waals surface area contributed by atoms with E-state index in [1.54, 1.807) is 6.07 Å². The molecule has 1 aliphatic heterocycles. The molecule has 0 fully saturated rings. The third-order valence-electron chi connectivity index (χ3n) is 10.7. The first-order valence-corrected chi connectivity index (χ1v) is 21.6. The van der Waals surface area contributed by atoms with E-state index in [1.807, 2.05) is 85.1 Å². The third kappa shape index (κ3) is 8.21. The fraction of sp³-hybridized carbons (Fsp3) is 0.311. The summed E-state index contributed by atoms with van der Waals surface area (Å²) in [5.74, 6) is 0.267. The van der Waals surface area contributed by atoms with Crippen LogP contribution in [0.3, 0.4) is 0 Å². The molecule has 1 unspecified atom stereocenters. The molecule has 1 heterocycles. The molecule has 0 saturated carbocycles. The maximum absolute atomic E-state index is 13.8. The van der Waals surface area contributed by atoms with Crippen molar-refractivity contribution >= 4 is 39.7 Å². The number of ether oxygens (including phenoxy) is 2. The average molecular weight is 765 g/mol. The molecular weight excluding hydrogens is 713 g/mol. The first-order chi connectivity index (χ1) is 26.2. The lowest BCUT2D eigenvalue weighted by molar-refractivity contribution is -0.144. The summed E-state index contributed by atoms with van der Waals surface area (Å²) >= 11 is 1.52. The number of methoxy groups -OCH3 is 1. The Labute approximate surface area is 326 Å². The molecule has 284 valence electrons. The minimum Gasteiger partial charge on any atom is -0.490 e. The lowest BCUT2D eigenvalue weighted by atomic mass is 9.76. The topological polar surface area (TPSA) is 91.3 Å². The van der Waals surface area contributed by atoms with Crippen LogP contribution in [-0.4, -0.2) is 53.4 Å². The van der Waals surface area contributed by atoms with Crippen LogP contribution in [0.5, 0.6) is 5.75 Å². The van der Waals surface area contributed by atoms with Gasteiger partial charge in [0.2, 0.25) is 0 Å². The molecule has 0 radical (unpaired) electrons. The van der Waals surface area contributed by atoms with Gasteiger partial charge in [-0.3, -0.25) is 19.2 Å². The van der Waals surface area contributed by atoms with Gasteiger partial charge in [-0.1, -0.05) is 136 Å². The smallest absolute Gasteiger partial charge is 0.326 e. The molecule has 0 saturated heterocycles.